The molecule has 3 aromatic carbocycles. The number of halogens is 2. The highest BCUT2D eigenvalue weighted by molar-refractivity contribution is 5.71. The lowest BCUT2D eigenvalue weighted by Gasteiger charge is -2.23. The van der Waals surface area contributed by atoms with E-state index in [0.29, 0.717) is 28.0 Å². The summed E-state index contributed by atoms with van der Waals surface area (Å²) in [5.41, 5.74) is 2.14. The quantitative estimate of drug-likeness (QED) is 0.292. The molecule has 7 heteroatoms. The van der Waals surface area contributed by atoms with Crippen molar-refractivity contribution in [1.82, 2.24) is 0 Å². The van der Waals surface area contributed by atoms with E-state index in [0.717, 1.165) is 12.8 Å². The number of aliphatic carboxylic acids is 1. The summed E-state index contributed by atoms with van der Waals surface area (Å²) in [4.78, 5) is 10.8. The summed E-state index contributed by atoms with van der Waals surface area (Å²) in [7, 11) is 1.51. The number of aryl methyl sites for hydroxylation is 1. The molecule has 2 aliphatic rings. The number of hydrogen-bond acceptors (Lipinski definition) is 4. The van der Waals surface area contributed by atoms with E-state index >= 15 is 0 Å². The SMILES string of the molecule is C1CC1.COc1ccc(F)c(-c2ccc(COc3cccc(CCC(=O)O)c3F)cc2C(O)C2(C)CC2)c1. The van der Waals surface area contributed by atoms with Gasteiger partial charge in [-0.3, -0.25) is 4.79 Å². The first-order valence-corrected chi connectivity index (χ1v) is 13.0. The summed E-state index contributed by atoms with van der Waals surface area (Å²) in [5, 5.41) is 20.0. The second-order valence-electron chi connectivity index (χ2n) is 10.3. The predicted molar refractivity (Wildman–Crippen MR) is 141 cm³/mol. The molecule has 2 N–H and O–H groups in total. The number of aliphatic hydroxyl groups is 1. The fraction of sp³-hybridized carbons (Fsp3) is 0.387. The van der Waals surface area contributed by atoms with Crippen molar-refractivity contribution in [3.63, 3.8) is 0 Å². The summed E-state index contributed by atoms with van der Waals surface area (Å²) in [6.07, 6.45) is 5.31. The molecular weight excluding hydrogens is 490 g/mol. The Labute approximate surface area is 222 Å². The molecule has 2 aliphatic carbocycles. The summed E-state index contributed by atoms with van der Waals surface area (Å²) in [6, 6.07) is 14.4. The number of rotatable bonds is 10. The number of aliphatic hydroxyl groups excluding tert-OH is 1. The standard InChI is InChI=1S/C28H28F2O5.C3H6/c1-28(12-13-28)27(33)22-14-17(6-9-20(22)21-15-19(34-2)8-10-23(21)29)16-35-24-5-3-4-18(26(24)30)7-11-25(31)32;1-2-3-1/h3-6,8-10,14-15,27,33H,7,11-13,16H2,1-2H3,(H,31,32);1-3H2. The Hall–Kier alpha value is -3.45. The molecule has 1 atom stereocenters. The van der Waals surface area contributed by atoms with E-state index in [9.17, 15) is 18.7 Å². The van der Waals surface area contributed by atoms with Gasteiger partial charge in [0.25, 0.3) is 0 Å². The largest absolute Gasteiger partial charge is 0.497 e. The lowest BCUT2D eigenvalue weighted by atomic mass is 9.87. The number of carboxylic acids is 1. The van der Waals surface area contributed by atoms with Crippen molar-refractivity contribution < 1.29 is 33.3 Å². The third kappa shape index (κ3) is 6.90. The van der Waals surface area contributed by atoms with Gasteiger partial charge in [0, 0.05) is 12.0 Å². The van der Waals surface area contributed by atoms with Crippen LogP contribution >= 0.6 is 0 Å². The highest BCUT2D eigenvalue weighted by Crippen LogP contribution is 2.55. The molecule has 0 amide bonds. The Morgan fingerprint density at radius 2 is 1.76 bits per heavy atom. The Bertz CT molecular complexity index is 1280. The van der Waals surface area contributed by atoms with Crippen LogP contribution < -0.4 is 9.47 Å². The monoisotopic (exact) mass is 524 g/mol. The molecule has 0 radical (unpaired) electrons. The van der Waals surface area contributed by atoms with Crippen LogP contribution in [-0.4, -0.2) is 23.3 Å². The van der Waals surface area contributed by atoms with Crippen LogP contribution in [0.3, 0.4) is 0 Å². The second kappa shape index (κ2) is 11.9. The van der Waals surface area contributed by atoms with E-state index in [-0.39, 0.29) is 36.2 Å². The molecule has 5 rings (SSSR count). The highest BCUT2D eigenvalue weighted by Gasteiger charge is 2.45. The Morgan fingerprint density at radius 3 is 2.39 bits per heavy atom. The third-order valence-electron chi connectivity index (χ3n) is 6.97. The van der Waals surface area contributed by atoms with Gasteiger partial charge in [0.05, 0.1) is 13.2 Å². The van der Waals surface area contributed by atoms with Gasteiger partial charge in [-0.1, -0.05) is 50.5 Å². The highest BCUT2D eigenvalue weighted by atomic mass is 19.1. The van der Waals surface area contributed by atoms with Gasteiger partial charge < -0.3 is 19.7 Å². The topological polar surface area (TPSA) is 76.0 Å². The van der Waals surface area contributed by atoms with Crippen LogP contribution in [0.5, 0.6) is 11.5 Å². The zero-order chi connectivity index (χ0) is 27.3. The van der Waals surface area contributed by atoms with E-state index in [1.807, 2.05) is 6.92 Å². The van der Waals surface area contributed by atoms with Gasteiger partial charge >= 0.3 is 5.97 Å². The van der Waals surface area contributed by atoms with Crippen molar-refractivity contribution in [2.45, 2.75) is 64.6 Å². The van der Waals surface area contributed by atoms with Gasteiger partial charge in [0.2, 0.25) is 0 Å². The van der Waals surface area contributed by atoms with Crippen molar-refractivity contribution >= 4 is 5.97 Å². The first-order valence-electron chi connectivity index (χ1n) is 13.0. The van der Waals surface area contributed by atoms with Gasteiger partial charge in [-0.05, 0) is 77.3 Å². The van der Waals surface area contributed by atoms with Crippen molar-refractivity contribution in [3.05, 3.63) is 82.9 Å². The van der Waals surface area contributed by atoms with Gasteiger partial charge in [-0.25, -0.2) is 8.78 Å². The second-order valence-corrected chi connectivity index (χ2v) is 10.3. The van der Waals surface area contributed by atoms with Crippen molar-refractivity contribution in [2.24, 2.45) is 5.41 Å². The summed E-state index contributed by atoms with van der Waals surface area (Å²) < 4.78 is 40.5. The lowest BCUT2D eigenvalue weighted by Crippen LogP contribution is -2.12. The van der Waals surface area contributed by atoms with Gasteiger partial charge in [0.1, 0.15) is 18.2 Å². The average Bonchev–Trinajstić information content (AvgIpc) is 3.84. The van der Waals surface area contributed by atoms with Crippen LogP contribution in [0, 0.1) is 17.0 Å². The number of methoxy groups -OCH3 is 1. The third-order valence-corrected chi connectivity index (χ3v) is 6.97. The molecule has 2 fully saturated rings. The molecule has 0 saturated heterocycles. The average molecular weight is 525 g/mol. The van der Waals surface area contributed by atoms with E-state index in [2.05, 4.69) is 0 Å². The minimum atomic E-state index is -1.00. The van der Waals surface area contributed by atoms with Gasteiger partial charge in [-0.15, -0.1) is 0 Å². The predicted octanol–water partition coefficient (Wildman–Crippen LogP) is 7.24. The summed E-state index contributed by atoms with van der Waals surface area (Å²) in [5.74, 6) is -1.49. The van der Waals surface area contributed by atoms with E-state index in [1.54, 1.807) is 36.4 Å². The smallest absolute Gasteiger partial charge is 0.303 e. The molecule has 1 unspecified atom stereocenters. The number of carboxylic acid groups (broad SMARTS) is 1. The summed E-state index contributed by atoms with van der Waals surface area (Å²) in [6.45, 7) is 2.02. The molecule has 0 aromatic heterocycles. The number of ether oxygens (including phenoxy) is 2. The lowest BCUT2D eigenvalue weighted by molar-refractivity contribution is -0.136. The first kappa shape index (κ1) is 27.6. The van der Waals surface area contributed by atoms with Crippen LogP contribution in [0.1, 0.15) is 68.2 Å². The van der Waals surface area contributed by atoms with Crippen molar-refractivity contribution in [2.75, 3.05) is 7.11 Å². The molecule has 202 valence electrons. The number of hydrogen-bond donors (Lipinski definition) is 2. The zero-order valence-electron chi connectivity index (χ0n) is 21.8. The van der Waals surface area contributed by atoms with Crippen LogP contribution in [-0.2, 0) is 17.8 Å². The minimum Gasteiger partial charge on any atom is -0.497 e. The van der Waals surface area contributed by atoms with E-state index < -0.39 is 23.7 Å². The van der Waals surface area contributed by atoms with Crippen molar-refractivity contribution in [1.29, 1.82) is 0 Å². The van der Waals surface area contributed by atoms with E-state index in [4.69, 9.17) is 14.6 Å². The Morgan fingerprint density at radius 1 is 1.03 bits per heavy atom. The minimum absolute atomic E-state index is 0.0204. The van der Waals surface area contributed by atoms with E-state index in [1.165, 1.54) is 44.6 Å². The fourth-order valence-corrected chi connectivity index (χ4v) is 4.12. The molecule has 2 saturated carbocycles. The number of benzene rings is 3. The fourth-order valence-electron chi connectivity index (χ4n) is 4.12. The Kier molecular flexibility index (Phi) is 8.67. The zero-order valence-corrected chi connectivity index (χ0v) is 21.8. The maximum atomic E-state index is 14.8. The van der Waals surface area contributed by atoms with Crippen LogP contribution in [0.4, 0.5) is 8.78 Å². The summed E-state index contributed by atoms with van der Waals surface area (Å²) >= 11 is 0. The van der Waals surface area contributed by atoms with Crippen LogP contribution in [0.25, 0.3) is 11.1 Å². The first-order chi connectivity index (χ1) is 18.2. The molecule has 0 spiro atoms. The molecule has 5 nitrogen and oxygen atoms in total. The molecule has 0 aliphatic heterocycles. The maximum absolute atomic E-state index is 14.8. The maximum Gasteiger partial charge on any atom is 0.303 e. The van der Waals surface area contributed by atoms with Crippen LogP contribution in [0.2, 0.25) is 0 Å². The molecular formula is C31H34F2O5. The van der Waals surface area contributed by atoms with Gasteiger partial charge in [-0.2, -0.15) is 0 Å². The molecule has 0 heterocycles. The molecule has 3 aromatic rings. The van der Waals surface area contributed by atoms with Crippen LogP contribution in [0.15, 0.2) is 54.6 Å². The number of carbonyl (C=O) groups is 1. The molecule has 38 heavy (non-hydrogen) atoms. The molecule has 0 bridgehead atoms. The Balaban J connectivity index is 0.00000105. The van der Waals surface area contributed by atoms with Gasteiger partial charge in [0.15, 0.2) is 11.6 Å². The van der Waals surface area contributed by atoms with Crippen molar-refractivity contribution in [3.8, 4) is 22.6 Å². The normalized spacial score (nSPS) is 15.6.